The summed E-state index contributed by atoms with van der Waals surface area (Å²) >= 11 is 14.1. The third-order valence-corrected chi connectivity index (χ3v) is 2.00. The molecule has 0 heterocycles. The van der Waals surface area contributed by atoms with Crippen molar-refractivity contribution in [3.63, 3.8) is 0 Å². The van der Waals surface area contributed by atoms with Crippen LogP contribution in [0.25, 0.3) is 0 Å². The summed E-state index contributed by atoms with van der Waals surface area (Å²) in [4.78, 5) is 0. The number of hydrogen-bond donors (Lipinski definition) is 0. The maximum Gasteiger partial charge on any atom is 0.0807 e. The lowest BCUT2D eigenvalue weighted by Crippen LogP contribution is -2.17. The van der Waals surface area contributed by atoms with Gasteiger partial charge in [-0.15, -0.1) is 23.2 Å². The van der Waals surface area contributed by atoms with E-state index in [0.717, 1.165) is 5.33 Å². The molecule has 0 N–H and O–H groups in total. The van der Waals surface area contributed by atoms with Gasteiger partial charge in [0.1, 0.15) is 0 Å². The number of halogens is 3. The second-order valence-electron chi connectivity index (χ2n) is 1.49. The minimum absolute atomic E-state index is 0.102. The largest absolute Gasteiger partial charge is 0.375 e. The van der Waals surface area contributed by atoms with Gasteiger partial charge in [0.15, 0.2) is 0 Å². The van der Waals surface area contributed by atoms with Crippen LogP contribution in [-0.2, 0) is 4.74 Å². The Morgan fingerprint density at radius 1 is 1.44 bits per heavy atom. The molecule has 0 aliphatic heterocycles. The van der Waals surface area contributed by atoms with E-state index in [2.05, 4.69) is 15.9 Å². The maximum absolute atomic E-state index is 5.51. The quantitative estimate of drug-likeness (QED) is 0.665. The summed E-state index contributed by atoms with van der Waals surface area (Å²) in [6, 6.07) is 0. The summed E-state index contributed by atoms with van der Waals surface area (Å²) in [5.41, 5.74) is 0. The van der Waals surface area contributed by atoms with E-state index in [0.29, 0.717) is 18.4 Å². The Morgan fingerprint density at radius 3 is 2.44 bits per heavy atom. The highest BCUT2D eigenvalue weighted by Gasteiger charge is 2.02. The molecule has 0 amide bonds. The Morgan fingerprint density at radius 2 is 2.11 bits per heavy atom. The molecular weight excluding hydrogens is 227 g/mol. The van der Waals surface area contributed by atoms with E-state index in [1.807, 2.05) is 0 Å². The predicted octanol–water partition coefficient (Wildman–Crippen LogP) is 2.24. The topological polar surface area (TPSA) is 9.23 Å². The Hall–Kier alpha value is 1.02. The van der Waals surface area contributed by atoms with Crippen molar-refractivity contribution < 1.29 is 4.74 Å². The zero-order valence-corrected chi connectivity index (χ0v) is 8.05. The summed E-state index contributed by atoms with van der Waals surface area (Å²) in [6.45, 7) is 0.574. The van der Waals surface area contributed by atoms with Crippen LogP contribution in [0.2, 0.25) is 0 Å². The molecule has 0 spiro atoms. The fraction of sp³-hybridized carbons (Fsp3) is 1.00. The molecule has 0 radical (unpaired) electrons. The monoisotopic (exact) mass is 234 g/mol. The van der Waals surface area contributed by atoms with Crippen molar-refractivity contribution in [2.24, 2.45) is 0 Å². The van der Waals surface area contributed by atoms with Crippen LogP contribution in [-0.4, -0.2) is 29.8 Å². The fourth-order valence-electron chi connectivity index (χ4n) is 0.342. The molecule has 4 heteroatoms. The number of ether oxygens (including phenoxy) is 1. The normalized spacial score (nSPS) is 13.7. The van der Waals surface area contributed by atoms with Crippen molar-refractivity contribution in [3.8, 4) is 0 Å². The van der Waals surface area contributed by atoms with Gasteiger partial charge in [-0.05, 0) is 0 Å². The molecular formula is C5H9BrCl2O. The highest BCUT2D eigenvalue weighted by Crippen LogP contribution is 1.99. The van der Waals surface area contributed by atoms with Crippen molar-refractivity contribution in [3.05, 3.63) is 0 Å². The predicted molar refractivity (Wildman–Crippen MR) is 45.0 cm³/mol. The maximum atomic E-state index is 5.51. The van der Waals surface area contributed by atoms with Gasteiger partial charge in [-0.25, -0.2) is 0 Å². The Bertz CT molecular complexity index is 58.9. The average molecular weight is 236 g/mol. The third-order valence-electron chi connectivity index (χ3n) is 0.775. The minimum Gasteiger partial charge on any atom is -0.375 e. The first kappa shape index (κ1) is 10.0. The van der Waals surface area contributed by atoms with Crippen molar-refractivity contribution in [1.82, 2.24) is 0 Å². The molecule has 0 saturated heterocycles. The molecule has 0 fully saturated rings. The molecule has 0 rings (SSSR count). The van der Waals surface area contributed by atoms with Crippen LogP contribution in [0.5, 0.6) is 0 Å². The van der Waals surface area contributed by atoms with E-state index in [1.165, 1.54) is 0 Å². The highest BCUT2D eigenvalue weighted by atomic mass is 79.9. The lowest BCUT2D eigenvalue weighted by atomic mass is 10.5. The smallest absolute Gasteiger partial charge is 0.0807 e. The standard InChI is InChI=1S/C5H9BrCl2O/c6-3-5(4-8)9-2-1-7/h5H,1-4H2. The van der Waals surface area contributed by atoms with Gasteiger partial charge in [0.05, 0.1) is 12.7 Å². The summed E-state index contributed by atoms with van der Waals surface area (Å²) in [6.07, 6.45) is 0.102. The van der Waals surface area contributed by atoms with Crippen LogP contribution in [0.1, 0.15) is 0 Å². The van der Waals surface area contributed by atoms with Crippen molar-refractivity contribution in [2.75, 3.05) is 23.7 Å². The molecule has 0 aliphatic carbocycles. The van der Waals surface area contributed by atoms with Crippen LogP contribution in [0.4, 0.5) is 0 Å². The Kier molecular flexibility index (Phi) is 7.94. The highest BCUT2D eigenvalue weighted by molar-refractivity contribution is 9.09. The summed E-state index contributed by atoms with van der Waals surface area (Å²) in [5.74, 6) is 1.04. The first-order chi connectivity index (χ1) is 4.35. The van der Waals surface area contributed by atoms with Crippen LogP contribution in [0.15, 0.2) is 0 Å². The van der Waals surface area contributed by atoms with E-state index >= 15 is 0 Å². The molecule has 0 saturated carbocycles. The molecule has 1 nitrogen and oxygen atoms in total. The van der Waals surface area contributed by atoms with E-state index in [1.54, 1.807) is 0 Å². The lowest BCUT2D eigenvalue weighted by molar-refractivity contribution is 0.0978. The van der Waals surface area contributed by atoms with E-state index in [4.69, 9.17) is 27.9 Å². The van der Waals surface area contributed by atoms with Crippen LogP contribution >= 0.6 is 39.1 Å². The molecule has 0 aromatic heterocycles. The third kappa shape index (κ3) is 5.46. The van der Waals surface area contributed by atoms with Gasteiger partial charge in [0, 0.05) is 17.1 Å². The molecule has 0 aliphatic rings. The van der Waals surface area contributed by atoms with Gasteiger partial charge in [0.2, 0.25) is 0 Å². The van der Waals surface area contributed by atoms with Gasteiger partial charge in [-0.3, -0.25) is 0 Å². The fourth-order valence-corrected chi connectivity index (χ4v) is 1.31. The van der Waals surface area contributed by atoms with Gasteiger partial charge >= 0.3 is 0 Å². The number of hydrogen-bond acceptors (Lipinski definition) is 1. The van der Waals surface area contributed by atoms with E-state index < -0.39 is 0 Å². The Labute approximate surface area is 73.8 Å². The second kappa shape index (κ2) is 7.13. The lowest BCUT2D eigenvalue weighted by Gasteiger charge is -2.09. The number of rotatable bonds is 5. The van der Waals surface area contributed by atoms with Gasteiger partial charge in [-0.1, -0.05) is 15.9 Å². The summed E-state index contributed by atoms with van der Waals surface area (Å²) in [5, 5.41) is 0.771. The first-order valence-electron chi connectivity index (χ1n) is 2.64. The van der Waals surface area contributed by atoms with Gasteiger partial charge < -0.3 is 4.74 Å². The zero-order chi connectivity index (χ0) is 7.11. The van der Waals surface area contributed by atoms with Crippen molar-refractivity contribution >= 4 is 39.1 Å². The van der Waals surface area contributed by atoms with Gasteiger partial charge in [0.25, 0.3) is 0 Å². The Balaban J connectivity index is 3.09. The number of alkyl halides is 3. The van der Waals surface area contributed by atoms with E-state index in [9.17, 15) is 0 Å². The van der Waals surface area contributed by atoms with Gasteiger partial charge in [-0.2, -0.15) is 0 Å². The van der Waals surface area contributed by atoms with Crippen molar-refractivity contribution in [2.45, 2.75) is 6.10 Å². The molecule has 0 aromatic rings. The summed E-state index contributed by atoms with van der Waals surface area (Å²) in [7, 11) is 0. The first-order valence-corrected chi connectivity index (χ1v) is 4.83. The molecule has 1 atom stereocenters. The molecule has 9 heavy (non-hydrogen) atoms. The SMILES string of the molecule is ClCCOC(CCl)CBr. The molecule has 0 aromatic carbocycles. The molecule has 1 unspecified atom stereocenters. The van der Waals surface area contributed by atoms with Crippen LogP contribution < -0.4 is 0 Å². The molecule has 56 valence electrons. The zero-order valence-electron chi connectivity index (χ0n) is 4.95. The summed E-state index contributed by atoms with van der Waals surface area (Å²) < 4.78 is 5.18. The minimum atomic E-state index is 0.102. The second-order valence-corrected chi connectivity index (χ2v) is 2.82. The van der Waals surface area contributed by atoms with Crippen LogP contribution in [0, 0.1) is 0 Å². The molecule has 0 bridgehead atoms. The van der Waals surface area contributed by atoms with Crippen LogP contribution in [0.3, 0.4) is 0 Å². The van der Waals surface area contributed by atoms with E-state index in [-0.39, 0.29) is 6.10 Å². The average Bonchev–Trinajstić information content (AvgIpc) is 1.91. The van der Waals surface area contributed by atoms with Crippen molar-refractivity contribution in [1.29, 1.82) is 0 Å².